The van der Waals surface area contributed by atoms with E-state index >= 15 is 0 Å². The van der Waals surface area contributed by atoms with E-state index in [0.717, 1.165) is 34.3 Å². The second kappa shape index (κ2) is 9.87. The van der Waals surface area contributed by atoms with Gasteiger partial charge >= 0.3 is 0 Å². The van der Waals surface area contributed by atoms with Gasteiger partial charge in [0.25, 0.3) is 0 Å². The number of hydrogen-bond acceptors (Lipinski definition) is 4. The third kappa shape index (κ3) is 4.40. The average Bonchev–Trinajstić information content (AvgIpc) is 3.12. The van der Waals surface area contributed by atoms with Crippen LogP contribution in [0.15, 0.2) is 42.5 Å². The minimum Gasteiger partial charge on any atom is -0.385 e. The lowest BCUT2D eigenvalue weighted by molar-refractivity contribution is -0.120. The number of fused-ring (bicyclic) bond motifs is 1. The molecule has 0 bridgehead atoms. The molecule has 1 amide bonds. The van der Waals surface area contributed by atoms with Gasteiger partial charge in [-0.05, 0) is 49.9 Å². The molecule has 1 atom stereocenters. The van der Waals surface area contributed by atoms with Gasteiger partial charge in [0.05, 0.1) is 16.7 Å². The van der Waals surface area contributed by atoms with Crippen molar-refractivity contribution in [2.75, 3.05) is 18.2 Å². The van der Waals surface area contributed by atoms with Crippen LogP contribution in [0.3, 0.4) is 0 Å². The number of para-hydroxylation sites is 3. The quantitative estimate of drug-likeness (QED) is 0.533. The highest BCUT2D eigenvalue weighted by atomic mass is 16.5. The standard InChI is InChI=1S/C24H31N3O3/c1-5-18-12-10-11-17(4)23(18)27(16-30-7-3)22(29)15-26-20-14-9-8-13-19(20)25-24(26)21(28)6-2/h8-14,21,28H,5-7,15-16H2,1-4H3. The predicted molar refractivity (Wildman–Crippen MR) is 120 cm³/mol. The number of carbonyl (C=O) groups is 1. The number of carbonyl (C=O) groups excluding carboxylic acids is 1. The molecule has 1 aromatic heterocycles. The normalized spacial score (nSPS) is 12.3. The van der Waals surface area contributed by atoms with Crippen LogP contribution < -0.4 is 4.90 Å². The SMILES string of the molecule is CCOCN(C(=O)Cn1c(C(O)CC)nc2ccccc21)c1c(C)cccc1CC. The van der Waals surface area contributed by atoms with Gasteiger partial charge in [-0.1, -0.05) is 44.2 Å². The van der Waals surface area contributed by atoms with Gasteiger partial charge < -0.3 is 14.4 Å². The monoisotopic (exact) mass is 409 g/mol. The third-order valence-electron chi connectivity index (χ3n) is 5.36. The summed E-state index contributed by atoms with van der Waals surface area (Å²) >= 11 is 0. The van der Waals surface area contributed by atoms with E-state index in [0.29, 0.717) is 18.9 Å². The molecule has 2 aromatic carbocycles. The molecule has 3 rings (SSSR count). The lowest BCUT2D eigenvalue weighted by Gasteiger charge is -2.27. The summed E-state index contributed by atoms with van der Waals surface area (Å²) < 4.78 is 7.49. The summed E-state index contributed by atoms with van der Waals surface area (Å²) in [6.07, 6.45) is 0.619. The van der Waals surface area contributed by atoms with Crippen molar-refractivity contribution < 1.29 is 14.6 Å². The summed E-state index contributed by atoms with van der Waals surface area (Å²) in [7, 11) is 0. The van der Waals surface area contributed by atoms with E-state index in [-0.39, 0.29) is 19.2 Å². The van der Waals surface area contributed by atoms with Crippen LogP contribution in [0.5, 0.6) is 0 Å². The van der Waals surface area contributed by atoms with Crippen LogP contribution in [0.4, 0.5) is 5.69 Å². The number of aryl methyl sites for hydroxylation is 2. The van der Waals surface area contributed by atoms with Crippen LogP contribution >= 0.6 is 0 Å². The number of anilines is 1. The lowest BCUT2D eigenvalue weighted by Crippen LogP contribution is -2.37. The molecule has 6 heteroatoms. The van der Waals surface area contributed by atoms with Crippen molar-refractivity contribution in [1.29, 1.82) is 0 Å². The first-order chi connectivity index (χ1) is 14.5. The van der Waals surface area contributed by atoms with Gasteiger partial charge in [-0.15, -0.1) is 0 Å². The minimum atomic E-state index is -0.727. The second-order valence-electron chi connectivity index (χ2n) is 7.35. The van der Waals surface area contributed by atoms with E-state index in [9.17, 15) is 9.90 Å². The zero-order valence-corrected chi connectivity index (χ0v) is 18.3. The average molecular weight is 410 g/mol. The molecule has 0 aliphatic heterocycles. The smallest absolute Gasteiger partial charge is 0.248 e. The molecule has 0 aliphatic rings. The Balaban J connectivity index is 2.04. The Morgan fingerprint density at radius 3 is 2.63 bits per heavy atom. The summed E-state index contributed by atoms with van der Waals surface area (Å²) in [5, 5.41) is 10.5. The Morgan fingerprint density at radius 2 is 1.93 bits per heavy atom. The molecule has 3 aromatic rings. The predicted octanol–water partition coefficient (Wildman–Crippen LogP) is 4.38. The number of aliphatic hydroxyl groups is 1. The number of aliphatic hydroxyl groups excluding tert-OH is 1. The van der Waals surface area contributed by atoms with Crippen molar-refractivity contribution >= 4 is 22.6 Å². The topological polar surface area (TPSA) is 67.6 Å². The highest BCUT2D eigenvalue weighted by Crippen LogP contribution is 2.28. The van der Waals surface area contributed by atoms with Gasteiger partial charge in [0.1, 0.15) is 25.2 Å². The van der Waals surface area contributed by atoms with Gasteiger partial charge in [0.2, 0.25) is 5.91 Å². The van der Waals surface area contributed by atoms with Gasteiger partial charge in [-0.3, -0.25) is 9.69 Å². The number of imidazole rings is 1. The first kappa shape index (κ1) is 22.0. The number of amides is 1. The van der Waals surface area contributed by atoms with E-state index < -0.39 is 6.10 Å². The second-order valence-corrected chi connectivity index (χ2v) is 7.35. The Bertz CT molecular complexity index is 1010. The van der Waals surface area contributed by atoms with Gasteiger partial charge in [0, 0.05) is 6.61 Å². The molecule has 1 N–H and O–H groups in total. The van der Waals surface area contributed by atoms with Crippen LogP contribution in [0.2, 0.25) is 0 Å². The molecule has 6 nitrogen and oxygen atoms in total. The Kier molecular flexibility index (Phi) is 7.24. The van der Waals surface area contributed by atoms with Gasteiger partial charge in [0.15, 0.2) is 0 Å². The number of ether oxygens (including phenoxy) is 1. The molecule has 0 saturated heterocycles. The summed E-state index contributed by atoms with van der Waals surface area (Å²) in [5.41, 5.74) is 4.65. The van der Waals surface area contributed by atoms with Crippen LogP contribution in [0.1, 0.15) is 50.2 Å². The maximum atomic E-state index is 13.6. The van der Waals surface area contributed by atoms with Crippen molar-refractivity contribution in [2.24, 2.45) is 0 Å². The van der Waals surface area contributed by atoms with Crippen LogP contribution in [-0.2, 0) is 22.5 Å². The first-order valence-electron chi connectivity index (χ1n) is 10.6. The summed E-state index contributed by atoms with van der Waals surface area (Å²) in [4.78, 5) is 19.9. The summed E-state index contributed by atoms with van der Waals surface area (Å²) in [6.45, 7) is 8.70. The molecule has 30 heavy (non-hydrogen) atoms. The number of aromatic nitrogens is 2. The molecule has 1 unspecified atom stereocenters. The zero-order valence-electron chi connectivity index (χ0n) is 18.3. The molecule has 0 spiro atoms. The fourth-order valence-electron chi connectivity index (χ4n) is 3.75. The highest BCUT2D eigenvalue weighted by molar-refractivity contribution is 5.95. The number of benzene rings is 2. The van der Waals surface area contributed by atoms with E-state index in [1.54, 1.807) is 4.90 Å². The molecule has 0 radical (unpaired) electrons. The minimum absolute atomic E-state index is 0.0808. The fraction of sp³-hybridized carbons (Fsp3) is 0.417. The Labute approximate surface area is 178 Å². The maximum absolute atomic E-state index is 13.6. The van der Waals surface area contributed by atoms with Gasteiger partial charge in [-0.25, -0.2) is 4.98 Å². The van der Waals surface area contributed by atoms with Crippen molar-refractivity contribution in [3.8, 4) is 0 Å². The van der Waals surface area contributed by atoms with Crippen LogP contribution in [0.25, 0.3) is 11.0 Å². The Morgan fingerprint density at radius 1 is 1.17 bits per heavy atom. The zero-order chi connectivity index (χ0) is 21.7. The van der Waals surface area contributed by atoms with E-state index in [4.69, 9.17) is 4.74 Å². The first-order valence-corrected chi connectivity index (χ1v) is 10.6. The van der Waals surface area contributed by atoms with Crippen molar-refractivity contribution in [1.82, 2.24) is 9.55 Å². The molecule has 0 aliphatic carbocycles. The number of rotatable bonds is 9. The Hall–Kier alpha value is -2.70. The van der Waals surface area contributed by atoms with E-state index in [2.05, 4.69) is 11.9 Å². The summed E-state index contributed by atoms with van der Waals surface area (Å²) in [6, 6.07) is 13.7. The molecule has 1 heterocycles. The molecular weight excluding hydrogens is 378 g/mol. The number of hydrogen-bond donors (Lipinski definition) is 1. The van der Waals surface area contributed by atoms with Crippen molar-refractivity contribution in [2.45, 2.75) is 53.2 Å². The van der Waals surface area contributed by atoms with Crippen LogP contribution in [0, 0.1) is 6.92 Å². The van der Waals surface area contributed by atoms with Gasteiger partial charge in [-0.2, -0.15) is 0 Å². The highest BCUT2D eigenvalue weighted by Gasteiger charge is 2.24. The van der Waals surface area contributed by atoms with E-state index in [1.165, 1.54) is 0 Å². The lowest BCUT2D eigenvalue weighted by atomic mass is 10.0. The molecular formula is C24H31N3O3. The third-order valence-corrected chi connectivity index (χ3v) is 5.36. The maximum Gasteiger partial charge on any atom is 0.248 e. The number of nitrogens with zero attached hydrogens (tertiary/aromatic N) is 3. The molecule has 160 valence electrons. The molecule has 0 fully saturated rings. The van der Waals surface area contributed by atoms with Crippen molar-refractivity contribution in [3.63, 3.8) is 0 Å². The molecule has 0 saturated carbocycles. The van der Waals surface area contributed by atoms with Crippen LogP contribution in [-0.4, -0.2) is 33.9 Å². The van der Waals surface area contributed by atoms with Crippen molar-refractivity contribution in [3.05, 3.63) is 59.4 Å². The fourth-order valence-corrected chi connectivity index (χ4v) is 3.75. The largest absolute Gasteiger partial charge is 0.385 e. The van der Waals surface area contributed by atoms with E-state index in [1.807, 2.05) is 67.8 Å². The summed E-state index contributed by atoms with van der Waals surface area (Å²) in [5.74, 6) is 0.420.